The predicted molar refractivity (Wildman–Crippen MR) is 98.4 cm³/mol. The van der Waals surface area contributed by atoms with E-state index in [9.17, 15) is 0 Å². The van der Waals surface area contributed by atoms with Crippen LogP contribution in [0.4, 0.5) is 0 Å². The molecule has 0 amide bonds. The Morgan fingerprint density at radius 3 is 3.00 bits per heavy atom. The fraction of sp³-hybridized carbons (Fsp3) is 0.450. The van der Waals surface area contributed by atoms with E-state index in [4.69, 9.17) is 4.98 Å². The summed E-state index contributed by atoms with van der Waals surface area (Å²) in [6, 6.07) is 8.28. The van der Waals surface area contributed by atoms with Crippen molar-refractivity contribution in [2.75, 3.05) is 13.1 Å². The predicted octanol–water partition coefficient (Wildman–Crippen LogP) is 3.20. The summed E-state index contributed by atoms with van der Waals surface area (Å²) in [5, 5.41) is 4.53. The molecule has 0 radical (unpaired) electrons. The number of fused-ring (bicyclic) bond motifs is 1. The number of aromatic nitrogens is 4. The lowest BCUT2D eigenvalue weighted by Crippen LogP contribution is -2.35. The van der Waals surface area contributed by atoms with Gasteiger partial charge in [0.05, 0.1) is 6.20 Å². The molecule has 0 N–H and O–H groups in total. The van der Waals surface area contributed by atoms with Crippen LogP contribution in [0.15, 0.2) is 36.7 Å². The minimum atomic E-state index is 0.682. The van der Waals surface area contributed by atoms with Crippen LogP contribution in [0.1, 0.15) is 35.5 Å². The number of nitrogens with zero attached hydrogens (tertiary/aromatic N) is 5. The zero-order chi connectivity index (χ0) is 17.2. The van der Waals surface area contributed by atoms with Crippen molar-refractivity contribution < 1.29 is 0 Å². The van der Waals surface area contributed by atoms with Crippen molar-refractivity contribution in [2.45, 2.75) is 39.7 Å². The summed E-state index contributed by atoms with van der Waals surface area (Å²) >= 11 is 0. The van der Waals surface area contributed by atoms with Crippen LogP contribution in [0.2, 0.25) is 0 Å². The molecule has 1 aliphatic rings. The normalized spacial score (nSPS) is 18.7. The number of aryl methyl sites for hydroxylation is 2. The molecule has 0 aliphatic carbocycles. The van der Waals surface area contributed by atoms with Crippen LogP contribution in [0.25, 0.3) is 5.65 Å². The lowest BCUT2D eigenvalue weighted by Gasteiger charge is -2.32. The third-order valence-electron chi connectivity index (χ3n) is 5.07. The van der Waals surface area contributed by atoms with Gasteiger partial charge in [-0.3, -0.25) is 9.88 Å². The Hall–Kier alpha value is -2.27. The molecule has 3 aromatic heterocycles. The van der Waals surface area contributed by atoms with E-state index in [1.807, 2.05) is 29.9 Å². The second-order valence-corrected chi connectivity index (χ2v) is 7.21. The van der Waals surface area contributed by atoms with Gasteiger partial charge in [0.15, 0.2) is 5.65 Å². The monoisotopic (exact) mass is 335 g/mol. The number of hydrogen-bond donors (Lipinski definition) is 0. The van der Waals surface area contributed by atoms with E-state index in [2.05, 4.69) is 40.1 Å². The molecule has 1 saturated heterocycles. The van der Waals surface area contributed by atoms with Gasteiger partial charge in [-0.2, -0.15) is 5.10 Å². The summed E-state index contributed by atoms with van der Waals surface area (Å²) in [6.45, 7) is 7.34. The van der Waals surface area contributed by atoms with Gasteiger partial charge in [0.1, 0.15) is 0 Å². The molecule has 3 aromatic rings. The Balaban J connectivity index is 1.47. The number of pyridine rings is 1. The van der Waals surface area contributed by atoms with Crippen molar-refractivity contribution in [3.05, 3.63) is 59.3 Å². The van der Waals surface area contributed by atoms with Gasteiger partial charge >= 0.3 is 0 Å². The summed E-state index contributed by atoms with van der Waals surface area (Å²) < 4.78 is 1.96. The van der Waals surface area contributed by atoms with Crippen molar-refractivity contribution in [1.82, 2.24) is 24.5 Å². The number of likely N-dealkylation sites (tertiary alicyclic amines) is 1. The van der Waals surface area contributed by atoms with E-state index in [1.165, 1.54) is 24.1 Å². The SMILES string of the molecule is Cc1cc(C)n2ncc(CN3CCC[C@H](Cc4ccccn4)C3)c2n1. The van der Waals surface area contributed by atoms with Crippen molar-refractivity contribution in [2.24, 2.45) is 5.92 Å². The Kier molecular flexibility index (Phi) is 4.49. The van der Waals surface area contributed by atoms with Gasteiger partial charge in [-0.15, -0.1) is 0 Å². The number of piperidine rings is 1. The fourth-order valence-corrected chi connectivity index (χ4v) is 3.94. The lowest BCUT2D eigenvalue weighted by atomic mass is 9.93. The maximum atomic E-state index is 4.71. The summed E-state index contributed by atoms with van der Waals surface area (Å²) in [4.78, 5) is 11.8. The molecule has 1 aliphatic heterocycles. The fourth-order valence-electron chi connectivity index (χ4n) is 3.94. The van der Waals surface area contributed by atoms with Gasteiger partial charge in [0, 0.05) is 41.9 Å². The third kappa shape index (κ3) is 3.56. The molecule has 4 heterocycles. The third-order valence-corrected chi connectivity index (χ3v) is 5.07. The second kappa shape index (κ2) is 6.92. The van der Waals surface area contributed by atoms with Gasteiger partial charge < -0.3 is 0 Å². The molecule has 5 heteroatoms. The van der Waals surface area contributed by atoms with Crippen LogP contribution < -0.4 is 0 Å². The quantitative estimate of drug-likeness (QED) is 0.734. The summed E-state index contributed by atoms with van der Waals surface area (Å²) in [6.07, 6.45) is 7.49. The zero-order valence-electron chi connectivity index (χ0n) is 15.0. The molecule has 4 rings (SSSR count). The molecular weight excluding hydrogens is 310 g/mol. The van der Waals surface area contributed by atoms with Crippen LogP contribution in [0.3, 0.4) is 0 Å². The Labute approximate surface area is 148 Å². The van der Waals surface area contributed by atoms with E-state index in [0.717, 1.165) is 43.1 Å². The average molecular weight is 335 g/mol. The molecule has 1 atom stereocenters. The molecule has 0 saturated carbocycles. The van der Waals surface area contributed by atoms with Crippen LogP contribution in [-0.4, -0.2) is 37.6 Å². The first-order chi connectivity index (χ1) is 12.2. The minimum Gasteiger partial charge on any atom is -0.299 e. The van der Waals surface area contributed by atoms with Crippen LogP contribution in [0.5, 0.6) is 0 Å². The van der Waals surface area contributed by atoms with Gasteiger partial charge in [-0.1, -0.05) is 6.07 Å². The molecule has 0 unspecified atom stereocenters. The van der Waals surface area contributed by atoms with Gasteiger partial charge in [-0.25, -0.2) is 9.50 Å². The average Bonchev–Trinajstić information content (AvgIpc) is 2.99. The van der Waals surface area contributed by atoms with E-state index in [0.29, 0.717) is 5.92 Å². The van der Waals surface area contributed by atoms with Crippen LogP contribution in [-0.2, 0) is 13.0 Å². The Morgan fingerprint density at radius 1 is 1.24 bits per heavy atom. The maximum Gasteiger partial charge on any atom is 0.159 e. The van der Waals surface area contributed by atoms with Crippen molar-refractivity contribution in [3.8, 4) is 0 Å². The van der Waals surface area contributed by atoms with Gasteiger partial charge in [0.2, 0.25) is 0 Å². The highest BCUT2D eigenvalue weighted by Crippen LogP contribution is 2.23. The van der Waals surface area contributed by atoms with Gasteiger partial charge in [0.25, 0.3) is 0 Å². The molecule has 0 bridgehead atoms. The molecule has 5 nitrogen and oxygen atoms in total. The topological polar surface area (TPSA) is 46.3 Å². The molecular formula is C20H25N5. The highest BCUT2D eigenvalue weighted by atomic mass is 15.3. The maximum absolute atomic E-state index is 4.71. The molecule has 0 aromatic carbocycles. The first-order valence-electron chi connectivity index (χ1n) is 9.12. The van der Waals surface area contributed by atoms with E-state index >= 15 is 0 Å². The smallest absolute Gasteiger partial charge is 0.159 e. The van der Waals surface area contributed by atoms with Crippen molar-refractivity contribution in [1.29, 1.82) is 0 Å². The molecule has 1 fully saturated rings. The minimum absolute atomic E-state index is 0.682. The van der Waals surface area contributed by atoms with Crippen LogP contribution >= 0.6 is 0 Å². The summed E-state index contributed by atoms with van der Waals surface area (Å²) in [7, 11) is 0. The molecule has 0 spiro atoms. The summed E-state index contributed by atoms with van der Waals surface area (Å²) in [5.41, 5.74) is 5.63. The number of hydrogen-bond acceptors (Lipinski definition) is 4. The Bertz CT molecular complexity index is 855. The molecule has 25 heavy (non-hydrogen) atoms. The van der Waals surface area contributed by atoms with E-state index in [1.54, 1.807) is 0 Å². The number of rotatable bonds is 4. The largest absolute Gasteiger partial charge is 0.299 e. The standard InChI is InChI=1S/C20H25N5/c1-15-10-16(2)25-20(23-15)18(12-22-25)14-24-9-5-6-17(13-24)11-19-7-3-4-8-21-19/h3-4,7-8,10,12,17H,5-6,9,11,13-14H2,1-2H3/t17-/m1/s1. The van der Waals surface area contributed by atoms with E-state index < -0.39 is 0 Å². The second-order valence-electron chi connectivity index (χ2n) is 7.21. The van der Waals surface area contributed by atoms with Gasteiger partial charge in [-0.05, 0) is 63.8 Å². The van der Waals surface area contributed by atoms with Crippen LogP contribution in [0, 0.1) is 19.8 Å². The highest BCUT2D eigenvalue weighted by molar-refractivity contribution is 5.47. The Morgan fingerprint density at radius 2 is 2.16 bits per heavy atom. The van der Waals surface area contributed by atoms with E-state index in [-0.39, 0.29) is 0 Å². The first-order valence-corrected chi connectivity index (χ1v) is 9.12. The molecule has 130 valence electrons. The lowest BCUT2D eigenvalue weighted by molar-refractivity contribution is 0.167. The zero-order valence-corrected chi connectivity index (χ0v) is 15.0. The van der Waals surface area contributed by atoms with Crippen molar-refractivity contribution in [3.63, 3.8) is 0 Å². The first kappa shape index (κ1) is 16.2. The highest BCUT2D eigenvalue weighted by Gasteiger charge is 2.22. The van der Waals surface area contributed by atoms with Crippen molar-refractivity contribution >= 4 is 5.65 Å². The summed E-state index contributed by atoms with van der Waals surface area (Å²) in [5.74, 6) is 0.682.